The van der Waals surface area contributed by atoms with Crippen molar-refractivity contribution in [3.05, 3.63) is 10.9 Å². The number of likely N-dealkylation sites (tertiary alicyclic amines) is 1. The Labute approximate surface area is 169 Å². The van der Waals surface area contributed by atoms with Crippen molar-refractivity contribution in [3.63, 3.8) is 0 Å². The zero-order valence-electron chi connectivity index (χ0n) is 14.8. The molecule has 0 spiro atoms. The fourth-order valence-corrected chi connectivity index (χ4v) is 5.29. The number of halogens is 2. The molecule has 0 bridgehead atoms. The van der Waals surface area contributed by atoms with Crippen LogP contribution in [-0.4, -0.2) is 55.1 Å². The quantitative estimate of drug-likeness (QED) is 0.790. The molecule has 1 fully saturated rings. The van der Waals surface area contributed by atoms with E-state index in [1.807, 2.05) is 18.0 Å². The predicted molar refractivity (Wildman–Crippen MR) is 114 cm³/mol. The lowest BCUT2D eigenvalue weighted by Crippen LogP contribution is -2.43. The van der Waals surface area contributed by atoms with Gasteiger partial charge in [-0.05, 0) is 39.8 Å². The van der Waals surface area contributed by atoms with Crippen molar-refractivity contribution in [3.8, 4) is 0 Å². The van der Waals surface area contributed by atoms with Crippen molar-refractivity contribution in [2.45, 2.75) is 32.7 Å². The van der Waals surface area contributed by atoms with E-state index >= 15 is 0 Å². The molecule has 0 unspecified atom stereocenters. The van der Waals surface area contributed by atoms with Gasteiger partial charge in [-0.3, -0.25) is 4.79 Å². The Bertz CT molecular complexity index is 647. The molecule has 0 aliphatic carbocycles. The van der Waals surface area contributed by atoms with Gasteiger partial charge in [-0.1, -0.05) is 11.3 Å². The number of amides is 1. The summed E-state index contributed by atoms with van der Waals surface area (Å²) in [6.45, 7) is 7.89. The molecule has 0 atom stereocenters. The summed E-state index contributed by atoms with van der Waals surface area (Å²) in [7, 11) is 1.99. The second-order valence-corrected chi connectivity index (χ2v) is 7.84. The van der Waals surface area contributed by atoms with Crippen molar-refractivity contribution in [2.24, 2.45) is 0 Å². The number of piperidine rings is 1. The van der Waals surface area contributed by atoms with Crippen LogP contribution in [0, 0.1) is 0 Å². The summed E-state index contributed by atoms with van der Waals surface area (Å²) in [6.07, 6.45) is 2.07. The van der Waals surface area contributed by atoms with E-state index in [1.54, 1.807) is 11.3 Å². The van der Waals surface area contributed by atoms with Gasteiger partial charge in [0.1, 0.15) is 4.83 Å². The van der Waals surface area contributed by atoms with Gasteiger partial charge < -0.3 is 15.1 Å². The van der Waals surface area contributed by atoms with Crippen LogP contribution in [0.2, 0.25) is 0 Å². The van der Waals surface area contributed by atoms with Crippen molar-refractivity contribution < 1.29 is 4.79 Å². The number of rotatable bonds is 5. The summed E-state index contributed by atoms with van der Waals surface area (Å²) in [5.41, 5.74) is 0. The van der Waals surface area contributed by atoms with E-state index in [4.69, 9.17) is 4.98 Å². The zero-order chi connectivity index (χ0) is 16.4. The Kier molecular flexibility index (Phi) is 8.91. The number of carbonyl (C=O) groups is 1. The molecular weight excluding hydrogens is 399 g/mol. The second-order valence-electron chi connectivity index (χ2n) is 5.80. The molecular formula is C16H26Cl2N4OS2. The Balaban J connectivity index is 0.00000156. The molecule has 5 nitrogen and oxygen atoms in total. The lowest BCUT2D eigenvalue weighted by Gasteiger charge is -2.31. The summed E-state index contributed by atoms with van der Waals surface area (Å²) >= 11 is 3.22. The predicted octanol–water partition coefficient (Wildman–Crippen LogP) is 3.87. The minimum absolute atomic E-state index is 0. The highest BCUT2D eigenvalue weighted by Crippen LogP contribution is 2.35. The summed E-state index contributed by atoms with van der Waals surface area (Å²) < 4.78 is 1.13. The molecule has 9 heteroatoms. The fraction of sp³-hybridized carbons (Fsp3) is 0.625. The normalized spacial score (nSPS) is 14.9. The van der Waals surface area contributed by atoms with Crippen molar-refractivity contribution >= 4 is 68.1 Å². The van der Waals surface area contributed by atoms with Crippen molar-refractivity contribution in [1.82, 2.24) is 15.2 Å². The van der Waals surface area contributed by atoms with E-state index in [-0.39, 0.29) is 30.7 Å². The minimum atomic E-state index is 0. The molecule has 2 aromatic heterocycles. The first-order chi connectivity index (χ1) is 11.2. The highest BCUT2D eigenvalue weighted by Gasteiger charge is 2.24. The van der Waals surface area contributed by atoms with Crippen LogP contribution in [-0.2, 0) is 0 Å². The smallest absolute Gasteiger partial charge is 0.264 e. The first-order valence-electron chi connectivity index (χ1n) is 8.28. The molecule has 142 valence electrons. The molecule has 0 aromatic carbocycles. The van der Waals surface area contributed by atoms with Crippen molar-refractivity contribution in [1.29, 1.82) is 0 Å². The molecule has 3 heterocycles. The van der Waals surface area contributed by atoms with E-state index < -0.39 is 0 Å². The van der Waals surface area contributed by atoms with Gasteiger partial charge in [0.05, 0.1) is 9.58 Å². The summed E-state index contributed by atoms with van der Waals surface area (Å²) in [5, 5.41) is 4.36. The van der Waals surface area contributed by atoms with Crippen LogP contribution in [0.5, 0.6) is 0 Å². The topological polar surface area (TPSA) is 48.5 Å². The van der Waals surface area contributed by atoms with Crippen LogP contribution in [0.3, 0.4) is 0 Å². The van der Waals surface area contributed by atoms with Gasteiger partial charge in [-0.15, -0.1) is 36.2 Å². The number of carbonyl (C=O) groups excluding carboxylic acids is 1. The first kappa shape index (κ1) is 22.4. The van der Waals surface area contributed by atoms with E-state index in [0.717, 1.165) is 58.6 Å². The van der Waals surface area contributed by atoms with E-state index in [2.05, 4.69) is 24.1 Å². The summed E-state index contributed by atoms with van der Waals surface area (Å²) in [4.78, 5) is 23.4. The average molecular weight is 425 g/mol. The Hall–Kier alpha value is -0.600. The highest BCUT2D eigenvalue weighted by molar-refractivity contribution is 7.29. The third-order valence-corrected chi connectivity index (χ3v) is 6.72. The number of nitrogens with one attached hydrogen (secondary N) is 1. The molecule has 0 saturated carbocycles. The van der Waals surface area contributed by atoms with Crippen LogP contribution in [0.4, 0.5) is 5.13 Å². The van der Waals surface area contributed by atoms with E-state index in [0.29, 0.717) is 6.04 Å². The van der Waals surface area contributed by atoms with Gasteiger partial charge in [-0.25, -0.2) is 4.98 Å². The standard InChI is InChI=1S/C16H24N4OS2.2ClH/c1-4-19(5-2)16-18-14-12(23-16)10-13(22-14)15(21)20-8-6-11(17-3)7-9-20;;/h10-11,17H,4-9H2,1-3H3;2*1H. The van der Waals surface area contributed by atoms with Gasteiger partial charge in [0.15, 0.2) is 5.13 Å². The first-order valence-corrected chi connectivity index (χ1v) is 9.91. The fourth-order valence-electron chi connectivity index (χ4n) is 2.99. The molecule has 3 rings (SSSR count). The number of anilines is 1. The number of thiophene rings is 1. The van der Waals surface area contributed by atoms with Crippen LogP contribution < -0.4 is 10.2 Å². The maximum Gasteiger partial charge on any atom is 0.264 e. The van der Waals surface area contributed by atoms with Gasteiger partial charge >= 0.3 is 0 Å². The zero-order valence-corrected chi connectivity index (χ0v) is 18.0. The largest absolute Gasteiger partial charge is 0.349 e. The van der Waals surface area contributed by atoms with Crippen molar-refractivity contribution in [2.75, 3.05) is 38.1 Å². The molecule has 0 radical (unpaired) electrons. The summed E-state index contributed by atoms with van der Waals surface area (Å²) in [5.74, 6) is 0.166. The molecule has 2 aromatic rings. The average Bonchev–Trinajstić information content (AvgIpc) is 3.14. The van der Waals surface area contributed by atoms with Crippen LogP contribution in [0.25, 0.3) is 9.53 Å². The van der Waals surface area contributed by atoms with Crippen LogP contribution in [0.15, 0.2) is 6.07 Å². The third kappa shape index (κ3) is 4.77. The Morgan fingerprint density at radius 1 is 1.28 bits per heavy atom. The van der Waals surface area contributed by atoms with Crippen LogP contribution in [0.1, 0.15) is 36.4 Å². The number of thiazole rings is 1. The Morgan fingerprint density at radius 3 is 2.44 bits per heavy atom. The van der Waals surface area contributed by atoms with Gasteiger partial charge in [0, 0.05) is 32.2 Å². The molecule has 1 aliphatic heterocycles. The number of nitrogens with zero attached hydrogens (tertiary/aromatic N) is 3. The maximum absolute atomic E-state index is 12.7. The number of fused-ring (bicyclic) bond motifs is 1. The number of hydrogen-bond acceptors (Lipinski definition) is 6. The summed E-state index contributed by atoms with van der Waals surface area (Å²) in [6, 6.07) is 2.57. The molecule has 1 aliphatic rings. The highest BCUT2D eigenvalue weighted by atomic mass is 35.5. The SMILES string of the molecule is CCN(CC)c1nc2sc(C(=O)N3CCC(NC)CC3)cc2s1.Cl.Cl. The van der Waals surface area contributed by atoms with Crippen LogP contribution >= 0.6 is 47.5 Å². The third-order valence-electron chi connectivity index (χ3n) is 4.51. The molecule has 1 N–H and O–H groups in total. The van der Waals surface area contributed by atoms with Gasteiger partial charge in [-0.2, -0.15) is 0 Å². The van der Waals surface area contributed by atoms with E-state index in [1.165, 1.54) is 11.3 Å². The minimum Gasteiger partial charge on any atom is -0.349 e. The van der Waals surface area contributed by atoms with E-state index in [9.17, 15) is 4.79 Å². The van der Waals surface area contributed by atoms with Gasteiger partial charge in [0.2, 0.25) is 0 Å². The Morgan fingerprint density at radius 2 is 1.92 bits per heavy atom. The second kappa shape index (κ2) is 9.92. The number of hydrogen-bond donors (Lipinski definition) is 1. The molecule has 25 heavy (non-hydrogen) atoms. The molecule has 1 amide bonds. The van der Waals surface area contributed by atoms with Gasteiger partial charge in [0.25, 0.3) is 5.91 Å². The monoisotopic (exact) mass is 424 g/mol. The lowest BCUT2D eigenvalue weighted by molar-refractivity contribution is 0.0712. The lowest BCUT2D eigenvalue weighted by atomic mass is 10.1. The number of aromatic nitrogens is 1. The molecule has 1 saturated heterocycles. The maximum atomic E-state index is 12.7.